The van der Waals surface area contributed by atoms with Gasteiger partial charge in [-0.3, -0.25) is 9.48 Å². The molecule has 4 rings (SSSR count). The first kappa shape index (κ1) is 19.6. The summed E-state index contributed by atoms with van der Waals surface area (Å²) in [6.45, 7) is 5.50. The van der Waals surface area contributed by atoms with Crippen molar-refractivity contribution >= 4 is 33.4 Å². The molecule has 1 N–H and O–H groups in total. The van der Waals surface area contributed by atoms with E-state index < -0.39 is 5.97 Å². The molecule has 1 aliphatic heterocycles. The van der Waals surface area contributed by atoms with Crippen LogP contribution in [0.5, 0.6) is 0 Å². The van der Waals surface area contributed by atoms with Crippen LogP contribution in [-0.4, -0.2) is 44.8 Å². The van der Waals surface area contributed by atoms with Crippen molar-refractivity contribution in [3.05, 3.63) is 52.0 Å². The highest BCUT2D eigenvalue weighted by Crippen LogP contribution is 2.34. The van der Waals surface area contributed by atoms with Crippen molar-refractivity contribution in [1.29, 1.82) is 0 Å². The van der Waals surface area contributed by atoms with Gasteiger partial charge in [0.25, 0.3) is 5.91 Å². The summed E-state index contributed by atoms with van der Waals surface area (Å²) in [7, 11) is 1.92. The van der Waals surface area contributed by atoms with Gasteiger partial charge in [-0.15, -0.1) is 11.3 Å². The molecular formula is C22H25N3O3S. The Morgan fingerprint density at radius 3 is 2.55 bits per heavy atom. The molecule has 0 unspecified atom stereocenters. The molecule has 0 saturated carbocycles. The fraction of sp³-hybridized carbons (Fsp3) is 0.409. The van der Waals surface area contributed by atoms with Gasteiger partial charge >= 0.3 is 5.97 Å². The quantitative estimate of drug-likeness (QED) is 0.687. The topological polar surface area (TPSA) is 75.4 Å². The van der Waals surface area contributed by atoms with Gasteiger partial charge in [-0.1, -0.05) is 32.0 Å². The van der Waals surface area contributed by atoms with E-state index in [2.05, 4.69) is 18.9 Å². The highest BCUT2D eigenvalue weighted by atomic mass is 32.1. The molecule has 29 heavy (non-hydrogen) atoms. The minimum Gasteiger partial charge on any atom is -0.478 e. The normalized spacial score (nSPS) is 15.4. The number of nitrogens with zero attached hydrogens (tertiary/aromatic N) is 3. The highest BCUT2D eigenvalue weighted by Gasteiger charge is 2.28. The van der Waals surface area contributed by atoms with Crippen LogP contribution >= 0.6 is 11.3 Å². The highest BCUT2D eigenvalue weighted by molar-refractivity contribution is 7.20. The summed E-state index contributed by atoms with van der Waals surface area (Å²) >= 11 is 1.50. The number of rotatable bonds is 4. The number of carbonyl (C=O) groups is 2. The molecule has 0 aliphatic carbocycles. The number of carbonyl (C=O) groups excluding carboxylic acids is 1. The number of hydrogen-bond donors (Lipinski definition) is 1. The molecule has 0 bridgehead atoms. The summed E-state index contributed by atoms with van der Waals surface area (Å²) < 4.78 is 1.86. The number of fused-ring (bicyclic) bond motifs is 1. The summed E-state index contributed by atoms with van der Waals surface area (Å²) in [5, 5.41) is 15.1. The maximum Gasteiger partial charge on any atom is 0.335 e. The Hall–Kier alpha value is -2.67. The Morgan fingerprint density at radius 1 is 1.21 bits per heavy atom. The second-order valence-electron chi connectivity index (χ2n) is 7.95. The number of likely N-dealkylation sites (tertiary alicyclic amines) is 1. The van der Waals surface area contributed by atoms with Gasteiger partial charge in [-0.2, -0.15) is 5.10 Å². The van der Waals surface area contributed by atoms with Crippen LogP contribution in [0.4, 0.5) is 0 Å². The molecule has 3 aromatic rings. The van der Waals surface area contributed by atoms with E-state index in [0.717, 1.165) is 39.2 Å². The molecule has 1 fully saturated rings. The van der Waals surface area contributed by atoms with Crippen molar-refractivity contribution in [2.24, 2.45) is 7.05 Å². The van der Waals surface area contributed by atoms with Gasteiger partial charge in [0, 0.05) is 25.5 Å². The average molecular weight is 412 g/mol. The van der Waals surface area contributed by atoms with E-state index in [0.29, 0.717) is 24.6 Å². The second kappa shape index (κ2) is 7.63. The van der Waals surface area contributed by atoms with E-state index in [1.807, 2.05) is 34.8 Å². The summed E-state index contributed by atoms with van der Waals surface area (Å²) in [5.74, 6) is -0.350. The average Bonchev–Trinajstić information content (AvgIpc) is 3.28. The van der Waals surface area contributed by atoms with Crippen LogP contribution in [-0.2, 0) is 7.05 Å². The summed E-state index contributed by atoms with van der Waals surface area (Å²) in [6.07, 6.45) is 1.56. The van der Waals surface area contributed by atoms with E-state index in [1.165, 1.54) is 11.3 Å². The first-order valence-corrected chi connectivity index (χ1v) is 10.8. The predicted octanol–water partition coefficient (Wildman–Crippen LogP) is 4.48. The Bertz CT molecular complexity index is 1070. The zero-order valence-electron chi connectivity index (χ0n) is 16.9. The van der Waals surface area contributed by atoms with Gasteiger partial charge in [-0.25, -0.2) is 4.79 Å². The van der Waals surface area contributed by atoms with E-state index in [4.69, 9.17) is 0 Å². The number of amides is 1. The van der Waals surface area contributed by atoms with Crippen LogP contribution in [0.25, 0.3) is 10.2 Å². The van der Waals surface area contributed by atoms with Gasteiger partial charge in [0.15, 0.2) is 0 Å². The Kier molecular flexibility index (Phi) is 5.17. The molecule has 152 valence electrons. The van der Waals surface area contributed by atoms with Crippen molar-refractivity contribution in [3.63, 3.8) is 0 Å². The van der Waals surface area contributed by atoms with E-state index in [1.54, 1.807) is 12.1 Å². The number of carboxylic acid groups (broad SMARTS) is 1. The van der Waals surface area contributed by atoms with E-state index >= 15 is 0 Å². The van der Waals surface area contributed by atoms with Crippen molar-refractivity contribution in [3.8, 4) is 0 Å². The van der Waals surface area contributed by atoms with Gasteiger partial charge in [0.1, 0.15) is 4.83 Å². The van der Waals surface area contributed by atoms with Gasteiger partial charge < -0.3 is 10.0 Å². The Morgan fingerprint density at radius 2 is 1.90 bits per heavy atom. The van der Waals surface area contributed by atoms with Crippen LogP contribution in [0.1, 0.15) is 69.8 Å². The second-order valence-corrected chi connectivity index (χ2v) is 8.98. The van der Waals surface area contributed by atoms with Crippen LogP contribution in [0.15, 0.2) is 30.3 Å². The molecule has 0 radical (unpaired) electrons. The molecule has 3 heterocycles. The maximum atomic E-state index is 13.1. The SMILES string of the molecule is CC(C)c1nn(C)c2sc(C(=O)N3CCC(c4ccccc4C(=O)O)CC3)cc12. The first-order chi connectivity index (χ1) is 13.9. The minimum absolute atomic E-state index is 0.0610. The number of carboxylic acids is 1. The Labute approximate surface area is 173 Å². The number of aryl methyl sites for hydroxylation is 1. The van der Waals surface area contributed by atoms with Gasteiger partial charge in [-0.05, 0) is 42.4 Å². The number of aromatic carboxylic acids is 1. The molecular weight excluding hydrogens is 386 g/mol. The molecule has 1 saturated heterocycles. The standard InChI is InChI=1S/C22H25N3O3S/c1-13(2)19-17-12-18(29-21(17)24(3)23-19)20(26)25-10-8-14(9-11-25)15-6-4-5-7-16(15)22(27)28/h4-7,12-14H,8-11H2,1-3H3,(H,27,28). The molecule has 7 heteroatoms. The van der Waals surface area contributed by atoms with Crippen LogP contribution in [0.3, 0.4) is 0 Å². The summed E-state index contributed by atoms with van der Waals surface area (Å²) in [4.78, 5) is 28.3. The van der Waals surface area contributed by atoms with Crippen LogP contribution < -0.4 is 0 Å². The number of aromatic nitrogens is 2. The van der Waals surface area contributed by atoms with Gasteiger partial charge in [0.2, 0.25) is 0 Å². The third-order valence-corrected chi connectivity index (χ3v) is 6.90. The fourth-order valence-corrected chi connectivity index (χ4v) is 5.24. The van der Waals surface area contributed by atoms with Gasteiger partial charge in [0.05, 0.1) is 16.1 Å². The zero-order chi connectivity index (χ0) is 20.7. The smallest absolute Gasteiger partial charge is 0.335 e. The van der Waals surface area contributed by atoms with Crippen molar-refractivity contribution in [2.45, 2.75) is 38.5 Å². The lowest BCUT2D eigenvalue weighted by molar-refractivity contribution is 0.0681. The lowest BCUT2D eigenvalue weighted by Gasteiger charge is -2.32. The molecule has 0 atom stereocenters. The number of piperidine rings is 1. The number of thiophene rings is 1. The monoisotopic (exact) mass is 411 g/mol. The molecule has 1 aromatic carbocycles. The summed E-state index contributed by atoms with van der Waals surface area (Å²) in [5.41, 5.74) is 2.28. The van der Waals surface area contributed by atoms with Crippen molar-refractivity contribution in [1.82, 2.24) is 14.7 Å². The molecule has 2 aromatic heterocycles. The predicted molar refractivity (Wildman–Crippen MR) is 114 cm³/mol. The third-order valence-electron chi connectivity index (χ3n) is 5.71. The van der Waals surface area contributed by atoms with E-state index in [9.17, 15) is 14.7 Å². The molecule has 6 nitrogen and oxygen atoms in total. The third kappa shape index (κ3) is 3.55. The first-order valence-electron chi connectivity index (χ1n) is 9.94. The largest absolute Gasteiger partial charge is 0.478 e. The van der Waals surface area contributed by atoms with E-state index in [-0.39, 0.29) is 11.8 Å². The zero-order valence-corrected chi connectivity index (χ0v) is 17.7. The number of hydrogen-bond acceptors (Lipinski definition) is 4. The lowest BCUT2D eigenvalue weighted by Crippen LogP contribution is -2.37. The molecule has 1 aliphatic rings. The Balaban J connectivity index is 1.51. The summed E-state index contributed by atoms with van der Waals surface area (Å²) in [6, 6.07) is 9.19. The van der Waals surface area contributed by atoms with Crippen LogP contribution in [0, 0.1) is 0 Å². The lowest BCUT2D eigenvalue weighted by atomic mass is 9.86. The molecule has 0 spiro atoms. The number of benzene rings is 1. The fourth-order valence-electron chi connectivity index (χ4n) is 4.20. The minimum atomic E-state index is -0.890. The van der Waals surface area contributed by atoms with Crippen LogP contribution in [0.2, 0.25) is 0 Å². The van der Waals surface area contributed by atoms with Crippen molar-refractivity contribution in [2.75, 3.05) is 13.1 Å². The van der Waals surface area contributed by atoms with Crippen molar-refractivity contribution < 1.29 is 14.7 Å². The molecule has 1 amide bonds. The maximum absolute atomic E-state index is 13.1.